The van der Waals surface area contributed by atoms with E-state index in [0.717, 1.165) is 11.1 Å². The number of nitrogens with one attached hydrogen (secondary N) is 1. The van der Waals surface area contributed by atoms with Crippen molar-refractivity contribution in [1.29, 1.82) is 5.26 Å². The van der Waals surface area contributed by atoms with E-state index in [-0.39, 0.29) is 6.04 Å². The molecule has 0 aromatic heterocycles. The summed E-state index contributed by atoms with van der Waals surface area (Å²) in [5, 5.41) is 20.5. The number of carboxylic acid groups (broad SMARTS) is 1. The molecule has 0 bridgehead atoms. The Hall–Kier alpha value is -2.12. The van der Waals surface area contributed by atoms with E-state index >= 15 is 0 Å². The molecule has 4 nitrogen and oxygen atoms in total. The van der Waals surface area contributed by atoms with Gasteiger partial charge in [0, 0.05) is 18.7 Å². The van der Waals surface area contributed by atoms with Gasteiger partial charge in [-0.1, -0.05) is 17.7 Å². The maximum absolute atomic E-state index is 10.5. The zero-order valence-electron chi connectivity index (χ0n) is 10.5. The zero-order chi connectivity index (χ0) is 13.5. The molecule has 0 aliphatic carbocycles. The van der Waals surface area contributed by atoms with Crippen LogP contribution in [0.1, 0.15) is 31.0 Å². The second kappa shape index (κ2) is 6.58. The van der Waals surface area contributed by atoms with E-state index in [1.54, 1.807) is 19.1 Å². The van der Waals surface area contributed by atoms with Gasteiger partial charge in [-0.05, 0) is 31.5 Å². The van der Waals surface area contributed by atoms with Crippen LogP contribution in [0.15, 0.2) is 35.9 Å². The molecule has 0 saturated carbocycles. The van der Waals surface area contributed by atoms with Gasteiger partial charge in [0.25, 0.3) is 0 Å². The molecular formula is C14H16N2O2. The van der Waals surface area contributed by atoms with Crippen molar-refractivity contribution in [2.24, 2.45) is 0 Å². The van der Waals surface area contributed by atoms with Crippen LogP contribution in [-0.4, -0.2) is 17.6 Å². The van der Waals surface area contributed by atoms with E-state index in [0.29, 0.717) is 12.1 Å². The number of rotatable bonds is 5. The van der Waals surface area contributed by atoms with Gasteiger partial charge in [0.2, 0.25) is 0 Å². The minimum atomic E-state index is -0.930. The highest BCUT2D eigenvalue weighted by Gasteiger charge is 2.05. The summed E-state index contributed by atoms with van der Waals surface area (Å²) in [7, 11) is 0. The van der Waals surface area contributed by atoms with Crippen LogP contribution in [0.25, 0.3) is 0 Å². The first-order chi connectivity index (χ1) is 8.52. The Balaban J connectivity index is 2.57. The molecule has 18 heavy (non-hydrogen) atoms. The average Bonchev–Trinajstić information content (AvgIpc) is 2.35. The summed E-state index contributed by atoms with van der Waals surface area (Å²) in [5.41, 5.74) is 2.47. The summed E-state index contributed by atoms with van der Waals surface area (Å²) in [6.45, 7) is 4.29. The van der Waals surface area contributed by atoms with Crippen molar-refractivity contribution in [2.45, 2.75) is 19.9 Å². The lowest BCUT2D eigenvalue weighted by Gasteiger charge is -2.14. The maximum Gasteiger partial charge on any atom is 0.328 e. The predicted octanol–water partition coefficient (Wildman–Crippen LogP) is 2.24. The Bertz CT molecular complexity index is 484. The highest BCUT2D eigenvalue weighted by atomic mass is 16.4. The third kappa shape index (κ3) is 4.40. The normalized spacial score (nSPS) is 12.8. The van der Waals surface area contributed by atoms with Crippen molar-refractivity contribution in [3.8, 4) is 6.07 Å². The third-order valence-electron chi connectivity index (χ3n) is 2.60. The van der Waals surface area contributed by atoms with Crippen molar-refractivity contribution < 1.29 is 9.90 Å². The van der Waals surface area contributed by atoms with Gasteiger partial charge in [-0.2, -0.15) is 5.26 Å². The average molecular weight is 244 g/mol. The molecular weight excluding hydrogens is 228 g/mol. The van der Waals surface area contributed by atoms with E-state index < -0.39 is 5.97 Å². The van der Waals surface area contributed by atoms with Gasteiger partial charge in [0.05, 0.1) is 11.6 Å². The number of benzene rings is 1. The van der Waals surface area contributed by atoms with Gasteiger partial charge in [0.1, 0.15) is 0 Å². The number of carbonyl (C=O) groups is 1. The molecule has 0 amide bonds. The molecule has 94 valence electrons. The number of hydrogen-bond acceptors (Lipinski definition) is 3. The number of carboxylic acids is 1. The van der Waals surface area contributed by atoms with Crippen molar-refractivity contribution >= 4 is 5.97 Å². The molecule has 0 heterocycles. The third-order valence-corrected chi connectivity index (χ3v) is 2.60. The van der Waals surface area contributed by atoms with Crippen molar-refractivity contribution in [3.63, 3.8) is 0 Å². The minimum Gasteiger partial charge on any atom is -0.478 e. The van der Waals surface area contributed by atoms with Crippen molar-refractivity contribution in [1.82, 2.24) is 5.32 Å². The molecule has 1 atom stereocenters. The second-order valence-electron chi connectivity index (χ2n) is 4.17. The van der Waals surface area contributed by atoms with E-state index in [1.165, 1.54) is 6.08 Å². The summed E-state index contributed by atoms with van der Waals surface area (Å²) in [6.07, 6.45) is 1.19. The maximum atomic E-state index is 10.5. The zero-order valence-corrected chi connectivity index (χ0v) is 10.5. The molecule has 4 heteroatoms. The highest BCUT2D eigenvalue weighted by molar-refractivity contribution is 5.80. The molecule has 1 rings (SSSR count). The topological polar surface area (TPSA) is 73.1 Å². The van der Waals surface area contributed by atoms with E-state index in [9.17, 15) is 4.79 Å². The van der Waals surface area contributed by atoms with Gasteiger partial charge in [-0.15, -0.1) is 0 Å². The molecule has 0 radical (unpaired) electrons. The first-order valence-electron chi connectivity index (χ1n) is 5.66. The summed E-state index contributed by atoms with van der Waals surface area (Å²) < 4.78 is 0. The van der Waals surface area contributed by atoms with Gasteiger partial charge < -0.3 is 10.4 Å². The van der Waals surface area contributed by atoms with E-state index in [4.69, 9.17) is 10.4 Å². The van der Waals surface area contributed by atoms with Gasteiger partial charge in [-0.25, -0.2) is 4.79 Å². The van der Waals surface area contributed by atoms with Crippen LogP contribution >= 0.6 is 0 Å². The monoisotopic (exact) mass is 244 g/mol. The summed E-state index contributed by atoms with van der Waals surface area (Å²) in [6, 6.07) is 9.51. The van der Waals surface area contributed by atoms with Crippen LogP contribution < -0.4 is 5.32 Å². The molecule has 0 spiro atoms. The van der Waals surface area contributed by atoms with Crippen molar-refractivity contribution in [2.75, 3.05) is 6.54 Å². The Kier molecular flexibility index (Phi) is 5.09. The Morgan fingerprint density at radius 2 is 2.11 bits per heavy atom. The van der Waals surface area contributed by atoms with Crippen LogP contribution in [0.3, 0.4) is 0 Å². The smallest absolute Gasteiger partial charge is 0.328 e. The first-order valence-corrected chi connectivity index (χ1v) is 5.66. The Morgan fingerprint density at radius 1 is 1.50 bits per heavy atom. The lowest BCUT2D eigenvalue weighted by Crippen LogP contribution is -2.20. The molecule has 1 aromatic carbocycles. The predicted molar refractivity (Wildman–Crippen MR) is 69.0 cm³/mol. The fraction of sp³-hybridized carbons (Fsp3) is 0.286. The molecule has 0 aliphatic rings. The summed E-state index contributed by atoms with van der Waals surface area (Å²) in [4.78, 5) is 10.5. The Labute approximate surface area is 107 Å². The standard InChI is InChI=1S/C14H16N2O2/c1-10(7-14(17)18)9-16-11(2)13-5-3-12(8-15)4-6-13/h3-7,11,16H,9H2,1-2H3,(H,17,18)/b10-7+. The summed E-state index contributed by atoms with van der Waals surface area (Å²) in [5.74, 6) is -0.930. The lowest BCUT2D eigenvalue weighted by molar-refractivity contribution is -0.131. The molecule has 0 aliphatic heterocycles. The van der Waals surface area contributed by atoms with Crippen LogP contribution in [0, 0.1) is 11.3 Å². The molecule has 0 saturated heterocycles. The van der Waals surface area contributed by atoms with Crippen LogP contribution in [-0.2, 0) is 4.79 Å². The molecule has 2 N–H and O–H groups in total. The van der Waals surface area contributed by atoms with E-state index in [2.05, 4.69) is 11.4 Å². The van der Waals surface area contributed by atoms with Crippen LogP contribution in [0.5, 0.6) is 0 Å². The molecule has 0 fully saturated rings. The van der Waals surface area contributed by atoms with Crippen LogP contribution in [0.2, 0.25) is 0 Å². The second-order valence-corrected chi connectivity index (χ2v) is 4.17. The Morgan fingerprint density at radius 3 is 2.61 bits per heavy atom. The van der Waals surface area contributed by atoms with Crippen LogP contribution in [0.4, 0.5) is 0 Å². The number of nitriles is 1. The molecule has 1 unspecified atom stereocenters. The van der Waals surface area contributed by atoms with Crippen molar-refractivity contribution in [3.05, 3.63) is 47.0 Å². The highest BCUT2D eigenvalue weighted by Crippen LogP contribution is 2.13. The van der Waals surface area contributed by atoms with Gasteiger partial charge in [-0.3, -0.25) is 0 Å². The van der Waals surface area contributed by atoms with E-state index in [1.807, 2.05) is 19.1 Å². The lowest BCUT2D eigenvalue weighted by atomic mass is 10.1. The summed E-state index contributed by atoms with van der Waals surface area (Å²) >= 11 is 0. The molecule has 1 aromatic rings. The number of aliphatic carboxylic acids is 1. The van der Waals surface area contributed by atoms with Gasteiger partial charge in [0.15, 0.2) is 0 Å². The SMILES string of the molecule is C/C(=C\C(=O)O)CNC(C)c1ccc(C#N)cc1. The van der Waals surface area contributed by atoms with Gasteiger partial charge >= 0.3 is 5.97 Å². The number of hydrogen-bond donors (Lipinski definition) is 2. The number of nitrogens with zero attached hydrogens (tertiary/aromatic N) is 1. The largest absolute Gasteiger partial charge is 0.478 e. The fourth-order valence-electron chi connectivity index (χ4n) is 1.54. The first kappa shape index (κ1) is 13.9. The fourth-order valence-corrected chi connectivity index (χ4v) is 1.54. The minimum absolute atomic E-state index is 0.106. The quantitative estimate of drug-likeness (QED) is 0.779.